The van der Waals surface area contributed by atoms with Crippen molar-refractivity contribution in [2.45, 2.75) is 25.1 Å². The summed E-state index contributed by atoms with van der Waals surface area (Å²) < 4.78 is 40.3. The minimum Gasteiger partial charge on any atom is -0.395 e. The molecule has 3 aromatic rings. The summed E-state index contributed by atoms with van der Waals surface area (Å²) in [4.78, 5) is 18.1. The van der Waals surface area contributed by atoms with E-state index in [2.05, 4.69) is 4.98 Å². The number of nitrogens with two attached hydrogens (primary N) is 2. The first-order valence-electron chi connectivity index (χ1n) is 10.0. The van der Waals surface area contributed by atoms with Crippen molar-refractivity contribution in [2.24, 2.45) is 5.84 Å². The van der Waals surface area contributed by atoms with Crippen LogP contribution in [0, 0.1) is 0 Å². The van der Waals surface area contributed by atoms with Gasteiger partial charge in [0.05, 0.1) is 29.2 Å². The Morgan fingerprint density at radius 3 is 2.62 bits per heavy atom. The van der Waals surface area contributed by atoms with Gasteiger partial charge in [-0.1, -0.05) is 0 Å². The first-order chi connectivity index (χ1) is 15.1. The highest BCUT2D eigenvalue weighted by Gasteiger charge is 2.32. The Balaban J connectivity index is 1.80. The number of rotatable bonds is 3. The van der Waals surface area contributed by atoms with Gasteiger partial charge in [-0.15, -0.1) is 0 Å². The number of likely N-dealkylation sites (tertiary alicyclic amines) is 1. The number of nitrogen functional groups attached to an aromatic ring is 1. The second-order valence-corrected chi connectivity index (χ2v) is 7.86. The Kier molecular flexibility index (Phi) is 5.47. The Labute approximate surface area is 181 Å². The van der Waals surface area contributed by atoms with Gasteiger partial charge in [0, 0.05) is 31.1 Å². The molecule has 2 aromatic heterocycles. The number of alkyl halides is 3. The van der Waals surface area contributed by atoms with E-state index in [9.17, 15) is 23.1 Å². The van der Waals surface area contributed by atoms with Gasteiger partial charge in [-0.25, -0.2) is 10.8 Å². The summed E-state index contributed by atoms with van der Waals surface area (Å²) in [5.41, 5.74) is 6.90. The van der Waals surface area contributed by atoms with Crippen molar-refractivity contribution in [3.05, 3.63) is 47.8 Å². The van der Waals surface area contributed by atoms with Crippen molar-refractivity contribution < 1.29 is 23.1 Å². The molecule has 5 N–H and O–H groups in total. The maximum atomic E-state index is 12.9. The van der Waals surface area contributed by atoms with Crippen LogP contribution in [0.4, 0.5) is 24.7 Å². The standard InChI is InChI=1S/C21H23F3N6O2/c1-28(26)19-18(25)15-9-12(20(32)29-8-2-3-14(31)11-29)4-6-16(15)30(19)13-5-7-17(27-10-13)21(22,23)24/h4-7,9-10,14,31H,2-3,8,11,25-26H2,1H3. The molecule has 1 aromatic carbocycles. The van der Waals surface area contributed by atoms with Gasteiger partial charge in [0.2, 0.25) is 0 Å². The second-order valence-electron chi connectivity index (χ2n) is 7.86. The largest absolute Gasteiger partial charge is 0.433 e. The summed E-state index contributed by atoms with van der Waals surface area (Å²) in [5, 5.41) is 11.7. The monoisotopic (exact) mass is 448 g/mol. The Morgan fingerprint density at radius 1 is 1.28 bits per heavy atom. The first kappa shape index (κ1) is 21.9. The molecule has 0 aliphatic carbocycles. The lowest BCUT2D eigenvalue weighted by molar-refractivity contribution is -0.141. The number of piperidine rings is 1. The van der Waals surface area contributed by atoms with Crippen molar-refractivity contribution in [1.29, 1.82) is 0 Å². The van der Waals surface area contributed by atoms with Gasteiger partial charge in [-0.3, -0.25) is 14.4 Å². The smallest absolute Gasteiger partial charge is 0.395 e. The first-order valence-corrected chi connectivity index (χ1v) is 10.0. The van der Waals surface area contributed by atoms with Gasteiger partial charge in [-0.05, 0) is 43.2 Å². The number of nitrogens with zero attached hydrogens (tertiary/aromatic N) is 4. The molecule has 0 radical (unpaired) electrons. The summed E-state index contributed by atoms with van der Waals surface area (Å²) >= 11 is 0. The predicted octanol–water partition coefficient (Wildman–Crippen LogP) is 2.53. The Bertz CT molecular complexity index is 1160. The van der Waals surface area contributed by atoms with E-state index < -0.39 is 18.0 Å². The number of amides is 1. The zero-order valence-electron chi connectivity index (χ0n) is 17.3. The topological polar surface area (TPSA) is 114 Å². The number of fused-ring (bicyclic) bond motifs is 1. The van der Waals surface area contributed by atoms with E-state index in [0.29, 0.717) is 40.9 Å². The molecule has 32 heavy (non-hydrogen) atoms. The number of benzene rings is 1. The molecular formula is C21H23F3N6O2. The molecule has 1 amide bonds. The fourth-order valence-electron chi connectivity index (χ4n) is 4.05. The molecule has 1 unspecified atom stereocenters. The van der Waals surface area contributed by atoms with E-state index in [1.165, 1.54) is 11.1 Å². The lowest BCUT2D eigenvalue weighted by Gasteiger charge is -2.30. The molecule has 1 atom stereocenters. The van der Waals surface area contributed by atoms with Crippen molar-refractivity contribution >= 4 is 28.3 Å². The lowest BCUT2D eigenvalue weighted by atomic mass is 10.1. The fourth-order valence-corrected chi connectivity index (χ4v) is 4.05. The zero-order valence-corrected chi connectivity index (χ0v) is 17.3. The molecule has 1 fully saturated rings. The average Bonchev–Trinajstić information content (AvgIpc) is 3.05. The van der Waals surface area contributed by atoms with Crippen molar-refractivity contribution in [3.8, 4) is 5.69 Å². The van der Waals surface area contributed by atoms with Gasteiger partial charge in [0.25, 0.3) is 5.91 Å². The fraction of sp³-hybridized carbons (Fsp3) is 0.333. The normalized spacial score (nSPS) is 17.1. The van der Waals surface area contributed by atoms with Crippen LogP contribution >= 0.6 is 0 Å². The van der Waals surface area contributed by atoms with Crippen molar-refractivity contribution in [3.63, 3.8) is 0 Å². The van der Waals surface area contributed by atoms with Gasteiger partial charge in [0.15, 0.2) is 5.82 Å². The Hall–Kier alpha value is -3.31. The molecular weight excluding hydrogens is 425 g/mol. The maximum Gasteiger partial charge on any atom is 0.433 e. The number of hydrazine groups is 1. The van der Waals surface area contributed by atoms with Crippen LogP contribution in [-0.2, 0) is 6.18 Å². The quantitative estimate of drug-likeness (QED) is 0.419. The van der Waals surface area contributed by atoms with Gasteiger partial charge >= 0.3 is 6.18 Å². The molecule has 170 valence electrons. The SMILES string of the molecule is CN(N)c1c(N)c2cc(C(=O)N3CCCC(O)C3)ccc2n1-c1ccc(C(F)(F)F)nc1. The summed E-state index contributed by atoms with van der Waals surface area (Å²) in [5.74, 6) is 6.10. The molecule has 0 bridgehead atoms. The van der Waals surface area contributed by atoms with E-state index in [4.69, 9.17) is 11.6 Å². The highest BCUT2D eigenvalue weighted by atomic mass is 19.4. The second kappa shape index (κ2) is 7.99. The molecule has 11 heteroatoms. The van der Waals surface area contributed by atoms with E-state index >= 15 is 0 Å². The van der Waals surface area contributed by atoms with E-state index in [-0.39, 0.29) is 18.1 Å². The third-order valence-electron chi connectivity index (χ3n) is 5.54. The van der Waals surface area contributed by atoms with Crippen LogP contribution in [-0.4, -0.2) is 51.7 Å². The predicted molar refractivity (Wildman–Crippen MR) is 114 cm³/mol. The zero-order chi connectivity index (χ0) is 23.2. The third kappa shape index (κ3) is 3.84. The van der Waals surface area contributed by atoms with E-state index in [0.717, 1.165) is 18.7 Å². The number of hydrogen-bond donors (Lipinski definition) is 3. The number of anilines is 2. The van der Waals surface area contributed by atoms with Crippen LogP contribution in [0.2, 0.25) is 0 Å². The summed E-state index contributed by atoms with van der Waals surface area (Å²) in [6.45, 7) is 0.819. The number of aliphatic hydroxyl groups excluding tert-OH is 1. The number of aromatic nitrogens is 2. The number of hydrogen-bond acceptors (Lipinski definition) is 6. The van der Waals surface area contributed by atoms with Crippen molar-refractivity contribution in [2.75, 3.05) is 30.9 Å². The number of carbonyl (C=O) groups is 1. The Morgan fingerprint density at radius 2 is 2.03 bits per heavy atom. The number of aliphatic hydroxyl groups is 1. The third-order valence-corrected chi connectivity index (χ3v) is 5.54. The summed E-state index contributed by atoms with van der Waals surface area (Å²) in [6, 6.07) is 7.10. The minimum absolute atomic E-state index is 0.225. The summed E-state index contributed by atoms with van der Waals surface area (Å²) in [6.07, 6.45) is -2.63. The number of β-amino-alcohol motifs (C(OH)–C–C–N with tert-alkyl or cyclic N) is 1. The van der Waals surface area contributed by atoms with Crippen LogP contribution in [0.25, 0.3) is 16.6 Å². The molecule has 4 rings (SSSR count). The number of pyridine rings is 1. The highest BCUT2D eigenvalue weighted by molar-refractivity contribution is 6.05. The maximum absolute atomic E-state index is 12.9. The number of halogens is 3. The van der Waals surface area contributed by atoms with E-state index in [1.54, 1.807) is 34.7 Å². The molecule has 1 aliphatic heterocycles. The van der Waals surface area contributed by atoms with Gasteiger partial charge in [-0.2, -0.15) is 13.2 Å². The van der Waals surface area contributed by atoms with E-state index in [1.807, 2.05) is 0 Å². The molecule has 8 nitrogen and oxygen atoms in total. The van der Waals surface area contributed by atoms with Crippen molar-refractivity contribution in [1.82, 2.24) is 14.5 Å². The van der Waals surface area contributed by atoms with Crippen LogP contribution in [0.5, 0.6) is 0 Å². The van der Waals surface area contributed by atoms with Crippen LogP contribution in [0.1, 0.15) is 28.9 Å². The highest BCUT2D eigenvalue weighted by Crippen LogP contribution is 2.38. The summed E-state index contributed by atoms with van der Waals surface area (Å²) in [7, 11) is 1.56. The van der Waals surface area contributed by atoms with Crippen LogP contribution < -0.4 is 16.6 Å². The number of carbonyl (C=O) groups excluding carboxylic acids is 1. The molecule has 1 aliphatic rings. The molecule has 0 spiro atoms. The van der Waals surface area contributed by atoms with Crippen LogP contribution in [0.15, 0.2) is 36.5 Å². The van der Waals surface area contributed by atoms with Gasteiger partial charge < -0.3 is 15.7 Å². The van der Waals surface area contributed by atoms with Crippen LogP contribution in [0.3, 0.4) is 0 Å². The minimum atomic E-state index is -4.55. The molecule has 3 heterocycles. The molecule has 0 saturated carbocycles. The lowest BCUT2D eigenvalue weighted by Crippen LogP contribution is -2.42. The average molecular weight is 448 g/mol. The molecule has 1 saturated heterocycles. The van der Waals surface area contributed by atoms with Gasteiger partial charge in [0.1, 0.15) is 5.69 Å².